The van der Waals surface area contributed by atoms with Crippen molar-refractivity contribution in [2.24, 2.45) is 11.8 Å². The zero-order chi connectivity index (χ0) is 25.1. The van der Waals surface area contributed by atoms with Crippen molar-refractivity contribution in [3.05, 3.63) is 46.7 Å². The molecule has 1 fully saturated rings. The van der Waals surface area contributed by atoms with Crippen LogP contribution in [0.15, 0.2) is 30.6 Å². The van der Waals surface area contributed by atoms with Crippen molar-refractivity contribution >= 4 is 22.6 Å². The van der Waals surface area contributed by atoms with E-state index in [9.17, 15) is 13.6 Å². The Labute approximate surface area is 214 Å². The highest BCUT2D eigenvalue weighted by molar-refractivity contribution is 7.13. The maximum Gasteiger partial charge on any atom is 0.278 e. The smallest absolute Gasteiger partial charge is 0.278 e. The fourth-order valence-corrected chi connectivity index (χ4v) is 6.41. The molecular weight excluding hydrogens is 482 g/mol. The summed E-state index contributed by atoms with van der Waals surface area (Å²) < 4.78 is 33.1. The molecule has 6 nitrogen and oxygen atoms in total. The molecule has 0 radical (unpaired) electrons. The maximum absolute atomic E-state index is 13.1. The Balaban J connectivity index is 1.03. The van der Waals surface area contributed by atoms with Crippen molar-refractivity contribution < 1.29 is 18.3 Å². The van der Waals surface area contributed by atoms with E-state index in [4.69, 9.17) is 4.74 Å². The van der Waals surface area contributed by atoms with Gasteiger partial charge in [-0.2, -0.15) is 5.10 Å². The molecule has 4 heterocycles. The zero-order valence-corrected chi connectivity index (χ0v) is 21.6. The van der Waals surface area contributed by atoms with Crippen LogP contribution in [0.4, 0.5) is 8.78 Å². The summed E-state index contributed by atoms with van der Waals surface area (Å²) in [6.07, 6.45) is 11.8. The lowest BCUT2D eigenvalue weighted by Gasteiger charge is -2.30. The number of hydrogen-bond donors (Lipinski definition) is 0. The standard InChI is InChI=1S/C27H34F2N4O2S/c1-27(28,29)18-35-26-31-22-10-14-32(15-11-25(22)36-26)13-9-19-5-7-20(8-6-19)16-24(34)21-17-30-33-12-3-2-4-23(21)33/h2-4,12,17,19-20H,5-11,13-16,18H2,1H3. The van der Waals surface area contributed by atoms with Gasteiger partial charge in [-0.1, -0.05) is 30.2 Å². The highest BCUT2D eigenvalue weighted by atomic mass is 32.1. The van der Waals surface area contributed by atoms with Gasteiger partial charge in [0, 0.05) is 43.9 Å². The van der Waals surface area contributed by atoms with Crippen LogP contribution in [0.5, 0.6) is 5.19 Å². The lowest BCUT2D eigenvalue weighted by Crippen LogP contribution is -2.30. The van der Waals surface area contributed by atoms with Gasteiger partial charge in [-0.25, -0.2) is 18.3 Å². The number of nitrogens with zero attached hydrogens (tertiary/aromatic N) is 4. The molecule has 0 atom stereocenters. The van der Waals surface area contributed by atoms with Crippen molar-refractivity contribution in [2.45, 2.75) is 64.2 Å². The van der Waals surface area contributed by atoms with Crippen LogP contribution >= 0.6 is 11.3 Å². The first-order valence-corrected chi connectivity index (χ1v) is 13.8. The molecule has 9 heteroatoms. The van der Waals surface area contributed by atoms with E-state index in [2.05, 4.69) is 15.0 Å². The number of ether oxygens (including phenoxy) is 1. The molecule has 2 aliphatic rings. The number of pyridine rings is 1. The van der Waals surface area contributed by atoms with Gasteiger partial charge in [0.25, 0.3) is 11.1 Å². The van der Waals surface area contributed by atoms with Crippen LogP contribution in [-0.4, -0.2) is 57.4 Å². The van der Waals surface area contributed by atoms with Crippen LogP contribution in [0.1, 0.15) is 66.4 Å². The molecule has 3 aromatic heterocycles. The molecule has 3 aromatic rings. The Kier molecular flexibility index (Phi) is 7.67. The fourth-order valence-electron chi connectivity index (χ4n) is 5.47. The minimum absolute atomic E-state index is 0.210. The minimum Gasteiger partial charge on any atom is -0.464 e. The zero-order valence-electron chi connectivity index (χ0n) is 20.8. The van der Waals surface area contributed by atoms with Gasteiger partial charge >= 0.3 is 0 Å². The van der Waals surface area contributed by atoms with E-state index in [1.165, 1.54) is 35.5 Å². The van der Waals surface area contributed by atoms with Gasteiger partial charge < -0.3 is 9.64 Å². The van der Waals surface area contributed by atoms with E-state index in [-0.39, 0.29) is 5.78 Å². The first-order chi connectivity index (χ1) is 17.3. The second-order valence-corrected chi connectivity index (χ2v) is 11.5. The van der Waals surface area contributed by atoms with Crippen molar-refractivity contribution in [3.63, 3.8) is 0 Å². The van der Waals surface area contributed by atoms with Crippen LogP contribution in [0, 0.1) is 11.8 Å². The Morgan fingerprint density at radius 2 is 1.94 bits per heavy atom. The van der Waals surface area contributed by atoms with Gasteiger partial charge in [-0.05, 0) is 56.2 Å². The molecule has 0 N–H and O–H groups in total. The number of rotatable bonds is 9. The number of hydrogen-bond acceptors (Lipinski definition) is 6. The maximum atomic E-state index is 13.1. The first-order valence-electron chi connectivity index (χ1n) is 13.0. The molecular formula is C27H34F2N4O2S. The van der Waals surface area contributed by atoms with Crippen molar-refractivity contribution in [1.82, 2.24) is 19.5 Å². The van der Waals surface area contributed by atoms with Crippen LogP contribution in [0.2, 0.25) is 0 Å². The van der Waals surface area contributed by atoms with Crippen LogP contribution in [0.3, 0.4) is 0 Å². The highest BCUT2D eigenvalue weighted by Gasteiger charge is 2.27. The van der Waals surface area contributed by atoms with Crippen molar-refractivity contribution in [3.8, 4) is 5.19 Å². The number of halogens is 2. The normalized spacial score (nSPS) is 21.3. The average molecular weight is 517 g/mol. The van der Waals surface area contributed by atoms with E-state index in [0.717, 1.165) is 74.9 Å². The molecule has 0 saturated heterocycles. The summed E-state index contributed by atoms with van der Waals surface area (Å²) in [5, 5.41) is 4.67. The van der Waals surface area contributed by atoms with E-state index in [1.807, 2.05) is 24.4 Å². The molecule has 36 heavy (non-hydrogen) atoms. The summed E-state index contributed by atoms with van der Waals surface area (Å²) in [6, 6.07) is 5.82. The lowest BCUT2D eigenvalue weighted by molar-refractivity contribution is -0.0230. The van der Waals surface area contributed by atoms with Gasteiger partial charge in [0.05, 0.1) is 23.0 Å². The number of alkyl halides is 2. The molecule has 0 bridgehead atoms. The van der Waals surface area contributed by atoms with Crippen molar-refractivity contribution in [2.75, 3.05) is 26.2 Å². The molecule has 5 rings (SSSR count). The highest BCUT2D eigenvalue weighted by Crippen LogP contribution is 2.34. The summed E-state index contributed by atoms with van der Waals surface area (Å²) in [5.41, 5.74) is 2.64. The third-order valence-electron chi connectivity index (χ3n) is 7.55. The number of carbonyl (C=O) groups is 1. The van der Waals surface area contributed by atoms with Crippen LogP contribution in [0.25, 0.3) is 5.52 Å². The summed E-state index contributed by atoms with van der Waals surface area (Å²) in [4.78, 5) is 21.0. The van der Waals surface area contributed by atoms with E-state index >= 15 is 0 Å². The molecule has 1 aliphatic carbocycles. The van der Waals surface area contributed by atoms with Gasteiger partial charge in [-0.15, -0.1) is 0 Å². The van der Waals surface area contributed by atoms with Gasteiger partial charge in [0.1, 0.15) is 0 Å². The van der Waals surface area contributed by atoms with E-state index < -0.39 is 12.5 Å². The SMILES string of the molecule is CC(F)(F)COc1nc2c(s1)CCN(CCC1CCC(CC(=O)c3cnn4ccccc34)CC1)CC2. The van der Waals surface area contributed by atoms with E-state index in [0.29, 0.717) is 17.5 Å². The Morgan fingerprint density at radius 1 is 1.17 bits per heavy atom. The molecule has 1 saturated carbocycles. The molecule has 0 spiro atoms. The monoisotopic (exact) mass is 516 g/mol. The lowest BCUT2D eigenvalue weighted by atomic mass is 9.78. The number of carbonyl (C=O) groups excluding carboxylic acids is 1. The number of ketones is 1. The predicted octanol–water partition coefficient (Wildman–Crippen LogP) is 5.69. The second-order valence-electron chi connectivity index (χ2n) is 10.4. The van der Waals surface area contributed by atoms with Crippen molar-refractivity contribution in [1.29, 1.82) is 0 Å². The molecule has 1 aliphatic heterocycles. The average Bonchev–Trinajstić information content (AvgIpc) is 3.42. The van der Waals surface area contributed by atoms with Gasteiger partial charge in [-0.3, -0.25) is 4.79 Å². The molecule has 0 unspecified atom stereocenters. The summed E-state index contributed by atoms with van der Waals surface area (Å²) in [5.74, 6) is -1.44. The number of Topliss-reactive ketones (excluding diaryl/α,β-unsaturated/α-hetero) is 1. The quantitative estimate of drug-likeness (QED) is 0.342. The minimum atomic E-state index is -2.84. The number of aromatic nitrogens is 3. The summed E-state index contributed by atoms with van der Waals surface area (Å²) in [6.45, 7) is 3.24. The third-order valence-corrected chi connectivity index (χ3v) is 8.62. The van der Waals surface area contributed by atoms with Crippen LogP contribution in [-0.2, 0) is 12.8 Å². The van der Waals surface area contributed by atoms with Crippen LogP contribution < -0.4 is 4.74 Å². The molecule has 0 amide bonds. The summed E-state index contributed by atoms with van der Waals surface area (Å²) >= 11 is 1.42. The Morgan fingerprint density at radius 3 is 2.75 bits per heavy atom. The fraction of sp³-hybridized carbons (Fsp3) is 0.593. The van der Waals surface area contributed by atoms with E-state index in [1.54, 1.807) is 10.7 Å². The van der Waals surface area contributed by atoms with Gasteiger partial charge in [0.2, 0.25) is 0 Å². The number of thiazole rings is 1. The Bertz CT molecular complexity index is 1150. The second kappa shape index (κ2) is 10.9. The topological polar surface area (TPSA) is 59.7 Å². The summed E-state index contributed by atoms with van der Waals surface area (Å²) in [7, 11) is 0. The third kappa shape index (κ3) is 6.29. The Hall–Kier alpha value is -2.39. The van der Waals surface area contributed by atoms with Gasteiger partial charge in [0.15, 0.2) is 12.4 Å². The molecule has 0 aromatic carbocycles. The largest absolute Gasteiger partial charge is 0.464 e. The molecule has 194 valence electrons. The first kappa shape index (κ1) is 25.3. The predicted molar refractivity (Wildman–Crippen MR) is 136 cm³/mol. The number of fused-ring (bicyclic) bond motifs is 2.